The minimum absolute atomic E-state index is 0.106. The van der Waals surface area contributed by atoms with Gasteiger partial charge in [0.1, 0.15) is 0 Å². The van der Waals surface area contributed by atoms with Crippen molar-refractivity contribution in [2.45, 2.75) is 19.8 Å². The molecular formula is C22H25NO3. The van der Waals surface area contributed by atoms with Crippen LogP contribution in [0.2, 0.25) is 0 Å². The molecule has 136 valence electrons. The van der Waals surface area contributed by atoms with Gasteiger partial charge in [0, 0.05) is 19.2 Å². The maximum Gasteiger partial charge on any atom is 0.307 e. The van der Waals surface area contributed by atoms with Crippen LogP contribution in [0.3, 0.4) is 0 Å². The fraction of sp³-hybridized carbons (Fsp3) is 0.273. The number of methoxy groups -OCH3 is 1. The lowest BCUT2D eigenvalue weighted by molar-refractivity contribution is -0.141. The Labute approximate surface area is 155 Å². The van der Waals surface area contributed by atoms with Crippen LogP contribution in [-0.4, -0.2) is 37.0 Å². The highest BCUT2D eigenvalue weighted by molar-refractivity contribution is 5.92. The second-order valence-corrected chi connectivity index (χ2v) is 6.13. The molecule has 26 heavy (non-hydrogen) atoms. The molecule has 0 heterocycles. The molecule has 2 aromatic carbocycles. The second-order valence-electron chi connectivity index (χ2n) is 6.13. The van der Waals surface area contributed by atoms with E-state index in [9.17, 15) is 9.59 Å². The standard InChI is InChI=1S/C22H25NO3/c1-18-8-10-20(11-9-18)12-13-21(24)23(17-15-22(25)26-2)16-14-19-6-4-3-5-7-19/h3-13H,14-17H2,1-2H3/b13-12+. The van der Waals surface area contributed by atoms with Gasteiger partial charge < -0.3 is 9.64 Å². The highest BCUT2D eigenvalue weighted by Crippen LogP contribution is 2.07. The Balaban J connectivity index is 2.01. The zero-order valence-electron chi connectivity index (χ0n) is 15.4. The molecule has 0 aliphatic carbocycles. The average molecular weight is 351 g/mol. The lowest BCUT2D eigenvalue weighted by Gasteiger charge is -2.21. The summed E-state index contributed by atoms with van der Waals surface area (Å²) in [5, 5.41) is 0. The van der Waals surface area contributed by atoms with Crippen molar-refractivity contribution in [2.75, 3.05) is 20.2 Å². The molecule has 0 atom stereocenters. The molecule has 0 N–H and O–H groups in total. The molecule has 4 nitrogen and oxygen atoms in total. The summed E-state index contributed by atoms with van der Waals surface area (Å²) in [6.45, 7) is 2.92. The summed E-state index contributed by atoms with van der Waals surface area (Å²) in [5.41, 5.74) is 3.31. The van der Waals surface area contributed by atoms with Crippen LogP contribution in [0.15, 0.2) is 60.7 Å². The van der Waals surface area contributed by atoms with E-state index in [0.29, 0.717) is 13.1 Å². The number of esters is 1. The third-order valence-corrected chi connectivity index (χ3v) is 4.13. The molecule has 0 spiro atoms. The number of carbonyl (C=O) groups excluding carboxylic acids is 2. The normalized spacial score (nSPS) is 10.7. The maximum atomic E-state index is 12.6. The topological polar surface area (TPSA) is 46.6 Å². The van der Waals surface area contributed by atoms with Gasteiger partial charge in [-0.3, -0.25) is 9.59 Å². The van der Waals surface area contributed by atoms with E-state index < -0.39 is 0 Å². The van der Waals surface area contributed by atoms with Crippen LogP contribution in [0.4, 0.5) is 0 Å². The van der Waals surface area contributed by atoms with Crippen LogP contribution < -0.4 is 0 Å². The fourth-order valence-electron chi connectivity index (χ4n) is 2.52. The van der Waals surface area contributed by atoms with E-state index in [0.717, 1.165) is 17.5 Å². The highest BCUT2D eigenvalue weighted by atomic mass is 16.5. The molecule has 0 radical (unpaired) electrons. The Morgan fingerprint density at radius 3 is 2.35 bits per heavy atom. The molecule has 2 rings (SSSR count). The summed E-state index contributed by atoms with van der Waals surface area (Å²) in [7, 11) is 1.36. The summed E-state index contributed by atoms with van der Waals surface area (Å²) < 4.78 is 4.69. The molecule has 0 aromatic heterocycles. The van der Waals surface area contributed by atoms with Gasteiger partial charge in [-0.2, -0.15) is 0 Å². The maximum absolute atomic E-state index is 12.6. The largest absolute Gasteiger partial charge is 0.469 e. The van der Waals surface area contributed by atoms with Crippen molar-refractivity contribution in [1.29, 1.82) is 0 Å². The quantitative estimate of drug-likeness (QED) is 0.539. The first-order valence-electron chi connectivity index (χ1n) is 8.73. The van der Waals surface area contributed by atoms with E-state index >= 15 is 0 Å². The minimum atomic E-state index is -0.315. The van der Waals surface area contributed by atoms with Gasteiger partial charge in [-0.05, 0) is 30.5 Å². The van der Waals surface area contributed by atoms with Gasteiger partial charge >= 0.3 is 5.97 Å². The molecule has 0 aliphatic rings. The summed E-state index contributed by atoms with van der Waals surface area (Å²) in [4.78, 5) is 25.7. The van der Waals surface area contributed by atoms with Crippen LogP contribution in [0.25, 0.3) is 6.08 Å². The smallest absolute Gasteiger partial charge is 0.307 e. The van der Waals surface area contributed by atoms with Gasteiger partial charge in [0.05, 0.1) is 13.5 Å². The number of rotatable bonds is 8. The van der Waals surface area contributed by atoms with Crippen molar-refractivity contribution in [2.24, 2.45) is 0 Å². The van der Waals surface area contributed by atoms with E-state index in [-0.39, 0.29) is 18.3 Å². The fourth-order valence-corrected chi connectivity index (χ4v) is 2.52. The van der Waals surface area contributed by atoms with E-state index in [1.54, 1.807) is 17.1 Å². The zero-order chi connectivity index (χ0) is 18.8. The van der Waals surface area contributed by atoms with E-state index in [1.165, 1.54) is 12.7 Å². The number of hydrogen-bond acceptors (Lipinski definition) is 3. The molecule has 1 amide bonds. The molecule has 0 unspecified atom stereocenters. The van der Waals surface area contributed by atoms with Crippen LogP contribution in [0.1, 0.15) is 23.1 Å². The molecular weight excluding hydrogens is 326 g/mol. The molecule has 0 aliphatic heterocycles. The Hall–Kier alpha value is -2.88. The van der Waals surface area contributed by atoms with Gasteiger partial charge in [0.2, 0.25) is 5.91 Å². The number of ether oxygens (including phenoxy) is 1. The number of nitrogens with zero attached hydrogens (tertiary/aromatic N) is 1. The molecule has 0 fully saturated rings. The Morgan fingerprint density at radius 2 is 1.69 bits per heavy atom. The molecule has 4 heteroatoms. The first-order chi connectivity index (χ1) is 12.6. The van der Waals surface area contributed by atoms with Crippen LogP contribution in [0, 0.1) is 6.92 Å². The van der Waals surface area contributed by atoms with E-state index in [1.807, 2.05) is 61.5 Å². The first-order valence-corrected chi connectivity index (χ1v) is 8.73. The van der Waals surface area contributed by atoms with Crippen molar-refractivity contribution in [1.82, 2.24) is 4.90 Å². The third-order valence-electron chi connectivity index (χ3n) is 4.13. The molecule has 2 aromatic rings. The van der Waals surface area contributed by atoms with Gasteiger partial charge in [-0.1, -0.05) is 60.2 Å². The molecule has 0 saturated heterocycles. The minimum Gasteiger partial charge on any atom is -0.469 e. The Kier molecular flexibility index (Phi) is 7.62. The van der Waals surface area contributed by atoms with Crippen LogP contribution >= 0.6 is 0 Å². The van der Waals surface area contributed by atoms with Crippen molar-refractivity contribution in [3.05, 3.63) is 77.4 Å². The van der Waals surface area contributed by atoms with Gasteiger partial charge in [-0.15, -0.1) is 0 Å². The van der Waals surface area contributed by atoms with Gasteiger partial charge in [0.15, 0.2) is 0 Å². The zero-order valence-corrected chi connectivity index (χ0v) is 15.4. The van der Waals surface area contributed by atoms with Crippen molar-refractivity contribution < 1.29 is 14.3 Å². The van der Waals surface area contributed by atoms with Crippen molar-refractivity contribution in [3.8, 4) is 0 Å². The van der Waals surface area contributed by atoms with E-state index in [2.05, 4.69) is 4.74 Å². The molecule has 0 saturated carbocycles. The average Bonchev–Trinajstić information content (AvgIpc) is 2.67. The highest BCUT2D eigenvalue weighted by Gasteiger charge is 2.13. The number of amides is 1. The lowest BCUT2D eigenvalue weighted by atomic mass is 10.1. The Morgan fingerprint density at radius 1 is 1.00 bits per heavy atom. The summed E-state index contributed by atoms with van der Waals surface area (Å²) in [5.74, 6) is -0.421. The Bertz CT molecular complexity index is 736. The van der Waals surface area contributed by atoms with Gasteiger partial charge in [-0.25, -0.2) is 0 Å². The number of aryl methyl sites for hydroxylation is 1. The number of hydrogen-bond donors (Lipinski definition) is 0. The summed E-state index contributed by atoms with van der Waals surface area (Å²) in [6.07, 6.45) is 4.30. The monoisotopic (exact) mass is 351 g/mol. The number of carbonyl (C=O) groups is 2. The number of benzene rings is 2. The SMILES string of the molecule is COC(=O)CCN(CCc1ccccc1)C(=O)/C=C/c1ccc(C)cc1. The summed E-state index contributed by atoms with van der Waals surface area (Å²) in [6, 6.07) is 18.0. The molecule has 0 bridgehead atoms. The predicted molar refractivity (Wildman–Crippen MR) is 104 cm³/mol. The summed E-state index contributed by atoms with van der Waals surface area (Å²) >= 11 is 0. The van der Waals surface area contributed by atoms with Crippen molar-refractivity contribution >= 4 is 18.0 Å². The second kappa shape index (κ2) is 10.2. The third kappa shape index (κ3) is 6.55. The van der Waals surface area contributed by atoms with Gasteiger partial charge in [0.25, 0.3) is 0 Å². The van der Waals surface area contributed by atoms with Crippen LogP contribution in [-0.2, 0) is 20.7 Å². The predicted octanol–water partition coefficient (Wildman–Crippen LogP) is 3.64. The lowest BCUT2D eigenvalue weighted by Crippen LogP contribution is -2.33. The van der Waals surface area contributed by atoms with E-state index in [4.69, 9.17) is 0 Å². The van der Waals surface area contributed by atoms with Crippen molar-refractivity contribution in [3.63, 3.8) is 0 Å². The first kappa shape index (κ1) is 19.4. The van der Waals surface area contributed by atoms with Crippen LogP contribution in [0.5, 0.6) is 0 Å².